The van der Waals surface area contributed by atoms with E-state index >= 15 is 0 Å². The molecule has 1 unspecified atom stereocenters. The van der Waals surface area contributed by atoms with Gasteiger partial charge in [0.25, 0.3) is 0 Å². The monoisotopic (exact) mass is 276 g/mol. The van der Waals surface area contributed by atoms with Crippen molar-refractivity contribution in [2.45, 2.75) is 6.42 Å². The number of benzene rings is 1. The van der Waals surface area contributed by atoms with Crippen LogP contribution in [-0.2, 0) is 4.79 Å². The Kier molecular flexibility index (Phi) is 3.19. The van der Waals surface area contributed by atoms with Crippen molar-refractivity contribution >= 4 is 11.9 Å². The van der Waals surface area contributed by atoms with E-state index in [0.717, 1.165) is 0 Å². The topological polar surface area (TPSA) is 85.3 Å². The summed E-state index contributed by atoms with van der Waals surface area (Å²) in [7, 11) is 0. The number of anilines is 1. The van der Waals surface area contributed by atoms with Gasteiger partial charge in [-0.05, 0) is 30.7 Å². The van der Waals surface area contributed by atoms with Crippen LogP contribution in [0.1, 0.15) is 6.42 Å². The Morgan fingerprint density at radius 2 is 2.30 bits per heavy atom. The van der Waals surface area contributed by atoms with E-state index in [-0.39, 0.29) is 29.5 Å². The van der Waals surface area contributed by atoms with Gasteiger partial charge in [0, 0.05) is 18.5 Å². The van der Waals surface area contributed by atoms with Crippen LogP contribution in [0.2, 0.25) is 0 Å². The van der Waals surface area contributed by atoms with Crippen molar-refractivity contribution in [1.29, 1.82) is 0 Å². The highest BCUT2D eigenvalue weighted by atomic mass is 19.1. The molecule has 1 aliphatic heterocycles. The van der Waals surface area contributed by atoms with E-state index in [1.807, 2.05) is 0 Å². The van der Waals surface area contributed by atoms with Gasteiger partial charge < -0.3 is 10.2 Å². The Labute approximate surface area is 114 Å². The quantitative estimate of drug-likeness (QED) is 0.910. The number of carbonyl (C=O) groups is 1. The fourth-order valence-corrected chi connectivity index (χ4v) is 2.19. The molecule has 7 heteroatoms. The van der Waals surface area contributed by atoms with Gasteiger partial charge in [0.1, 0.15) is 5.82 Å². The molecule has 2 N–H and O–H groups in total. The van der Waals surface area contributed by atoms with Crippen LogP contribution in [0.4, 0.5) is 10.4 Å². The molecule has 1 aromatic carbocycles. The summed E-state index contributed by atoms with van der Waals surface area (Å²) in [5.41, 5.74) is 6.04. The smallest absolute Gasteiger partial charge is 0.325 e. The lowest BCUT2D eigenvalue weighted by molar-refractivity contribution is -0.117. The van der Waals surface area contributed by atoms with Gasteiger partial charge in [-0.25, -0.2) is 4.39 Å². The predicted molar refractivity (Wildman–Crippen MR) is 69.2 cm³/mol. The minimum absolute atomic E-state index is 0.0881. The first-order valence-electron chi connectivity index (χ1n) is 6.27. The highest BCUT2D eigenvalue weighted by Crippen LogP contribution is 2.26. The zero-order valence-electron chi connectivity index (χ0n) is 10.6. The second-order valence-electron chi connectivity index (χ2n) is 4.71. The van der Waals surface area contributed by atoms with Crippen LogP contribution in [0.25, 0.3) is 11.5 Å². The lowest BCUT2D eigenvalue weighted by Crippen LogP contribution is -2.26. The first kappa shape index (κ1) is 12.7. The fraction of sp³-hybridized carbons (Fsp3) is 0.308. The molecule has 1 amide bonds. The second kappa shape index (κ2) is 5.01. The molecule has 0 radical (unpaired) electrons. The van der Waals surface area contributed by atoms with Crippen LogP contribution in [0, 0.1) is 11.7 Å². The van der Waals surface area contributed by atoms with E-state index in [4.69, 9.17) is 10.2 Å². The molecule has 20 heavy (non-hydrogen) atoms. The van der Waals surface area contributed by atoms with Crippen molar-refractivity contribution in [1.82, 2.24) is 10.2 Å². The Morgan fingerprint density at radius 1 is 1.45 bits per heavy atom. The van der Waals surface area contributed by atoms with Crippen molar-refractivity contribution in [2.75, 3.05) is 18.0 Å². The SMILES string of the molecule is NCC1CC(=O)N(c2nnc(-c3cccc(F)c3)o2)C1. The molecule has 2 aromatic rings. The Hall–Kier alpha value is -2.28. The molecule has 0 bridgehead atoms. The summed E-state index contributed by atoms with van der Waals surface area (Å²) >= 11 is 0. The van der Waals surface area contributed by atoms with Crippen molar-refractivity contribution in [3.05, 3.63) is 30.1 Å². The van der Waals surface area contributed by atoms with Crippen molar-refractivity contribution in [3.63, 3.8) is 0 Å². The van der Waals surface area contributed by atoms with Gasteiger partial charge in [-0.2, -0.15) is 0 Å². The van der Waals surface area contributed by atoms with Crippen LogP contribution in [0.3, 0.4) is 0 Å². The highest BCUT2D eigenvalue weighted by Gasteiger charge is 2.33. The number of carbonyl (C=O) groups excluding carboxylic acids is 1. The second-order valence-corrected chi connectivity index (χ2v) is 4.71. The highest BCUT2D eigenvalue weighted by molar-refractivity contribution is 5.93. The van der Waals surface area contributed by atoms with Crippen molar-refractivity contribution in [2.24, 2.45) is 11.7 Å². The van der Waals surface area contributed by atoms with E-state index < -0.39 is 0 Å². The van der Waals surface area contributed by atoms with Gasteiger partial charge in [-0.3, -0.25) is 9.69 Å². The van der Waals surface area contributed by atoms with Crippen LogP contribution in [-0.4, -0.2) is 29.2 Å². The molecule has 3 rings (SSSR count). The lowest BCUT2D eigenvalue weighted by atomic mass is 10.1. The third kappa shape index (κ3) is 2.27. The Bertz CT molecular complexity index is 643. The maximum atomic E-state index is 13.2. The number of hydrogen-bond acceptors (Lipinski definition) is 5. The number of hydrogen-bond donors (Lipinski definition) is 1. The van der Waals surface area contributed by atoms with E-state index in [2.05, 4.69) is 10.2 Å². The van der Waals surface area contributed by atoms with Crippen LogP contribution < -0.4 is 10.6 Å². The molecule has 1 aliphatic rings. The first-order chi connectivity index (χ1) is 9.67. The molecule has 0 spiro atoms. The molecule has 1 saturated heterocycles. The number of rotatable bonds is 3. The number of amides is 1. The summed E-state index contributed by atoms with van der Waals surface area (Å²) in [5, 5.41) is 7.70. The van der Waals surface area contributed by atoms with Gasteiger partial charge in [-0.1, -0.05) is 11.2 Å². The Balaban J connectivity index is 1.86. The summed E-state index contributed by atoms with van der Waals surface area (Å²) in [4.78, 5) is 13.3. The van der Waals surface area contributed by atoms with Crippen LogP contribution >= 0.6 is 0 Å². The normalized spacial score (nSPS) is 18.8. The van der Waals surface area contributed by atoms with E-state index in [0.29, 0.717) is 25.1 Å². The average molecular weight is 276 g/mol. The maximum absolute atomic E-state index is 13.2. The van der Waals surface area contributed by atoms with Gasteiger partial charge in [-0.15, -0.1) is 5.10 Å². The molecule has 1 aromatic heterocycles. The van der Waals surface area contributed by atoms with Crippen molar-refractivity contribution in [3.8, 4) is 11.5 Å². The molecular formula is C13H13FN4O2. The molecule has 1 fully saturated rings. The number of halogens is 1. The van der Waals surface area contributed by atoms with Gasteiger partial charge in [0.05, 0.1) is 0 Å². The minimum atomic E-state index is -0.386. The van der Waals surface area contributed by atoms with Gasteiger partial charge in [0.2, 0.25) is 11.8 Å². The number of nitrogens with zero attached hydrogens (tertiary/aromatic N) is 3. The lowest BCUT2D eigenvalue weighted by Gasteiger charge is -2.09. The summed E-state index contributed by atoms with van der Waals surface area (Å²) in [6, 6.07) is 5.97. The van der Waals surface area contributed by atoms with E-state index in [1.54, 1.807) is 12.1 Å². The molecule has 2 heterocycles. The average Bonchev–Trinajstić information content (AvgIpc) is 3.05. The molecular weight excluding hydrogens is 263 g/mol. The zero-order valence-corrected chi connectivity index (χ0v) is 10.6. The van der Waals surface area contributed by atoms with Crippen molar-refractivity contribution < 1.29 is 13.6 Å². The fourth-order valence-electron chi connectivity index (χ4n) is 2.19. The molecule has 0 saturated carbocycles. The zero-order chi connectivity index (χ0) is 14.1. The minimum Gasteiger partial charge on any atom is -0.403 e. The van der Waals surface area contributed by atoms with E-state index in [1.165, 1.54) is 17.0 Å². The number of nitrogens with two attached hydrogens (primary N) is 1. The first-order valence-corrected chi connectivity index (χ1v) is 6.27. The van der Waals surface area contributed by atoms with Crippen LogP contribution in [0.5, 0.6) is 0 Å². The predicted octanol–water partition coefficient (Wildman–Crippen LogP) is 1.19. The van der Waals surface area contributed by atoms with E-state index in [9.17, 15) is 9.18 Å². The molecule has 0 aliphatic carbocycles. The van der Waals surface area contributed by atoms with Gasteiger partial charge in [0.15, 0.2) is 0 Å². The van der Waals surface area contributed by atoms with Gasteiger partial charge >= 0.3 is 6.01 Å². The number of aromatic nitrogens is 2. The third-order valence-corrected chi connectivity index (χ3v) is 3.26. The summed E-state index contributed by atoms with van der Waals surface area (Å²) < 4.78 is 18.6. The molecule has 1 atom stereocenters. The largest absolute Gasteiger partial charge is 0.403 e. The third-order valence-electron chi connectivity index (χ3n) is 3.26. The Morgan fingerprint density at radius 3 is 3.00 bits per heavy atom. The maximum Gasteiger partial charge on any atom is 0.325 e. The standard InChI is InChI=1S/C13H13FN4O2/c14-10-3-1-2-9(5-10)12-16-17-13(20-12)18-7-8(6-15)4-11(18)19/h1-3,5,8H,4,6-7,15H2. The summed E-state index contributed by atoms with van der Waals surface area (Å²) in [5.74, 6) is -0.187. The summed E-state index contributed by atoms with van der Waals surface area (Å²) in [6.07, 6.45) is 0.383. The summed E-state index contributed by atoms with van der Waals surface area (Å²) in [6.45, 7) is 0.910. The molecule has 6 nitrogen and oxygen atoms in total. The van der Waals surface area contributed by atoms with Crippen LogP contribution in [0.15, 0.2) is 28.7 Å². The molecule has 104 valence electrons.